The third-order valence-electron chi connectivity index (χ3n) is 6.12. The van der Waals surface area contributed by atoms with Crippen LogP contribution in [0.25, 0.3) is 0 Å². The van der Waals surface area contributed by atoms with Crippen LogP contribution in [0, 0.1) is 0 Å². The van der Waals surface area contributed by atoms with Crippen molar-refractivity contribution in [3.05, 3.63) is 53.7 Å². The lowest BCUT2D eigenvalue weighted by Gasteiger charge is -2.29. The molecule has 1 atom stereocenters. The summed E-state index contributed by atoms with van der Waals surface area (Å²) in [5.41, 5.74) is 3.73. The first-order chi connectivity index (χ1) is 15.7. The molecule has 1 aromatic carbocycles. The Kier molecular flexibility index (Phi) is 7.82. The standard InChI is InChI=1S/C25H36N6O/c1-3-26-25(28-19-22-9-7-11-27-24(22)31-14-16-32-17-15-31)29-20(2)21-8-6-10-23(18-21)30-12-4-5-13-30/h6-11,18,20H,3-5,12-17,19H2,1-2H3,(H2,26,28,29). The summed E-state index contributed by atoms with van der Waals surface area (Å²) in [7, 11) is 0. The van der Waals surface area contributed by atoms with Gasteiger partial charge in [0, 0.05) is 50.2 Å². The van der Waals surface area contributed by atoms with Crippen molar-refractivity contribution in [2.45, 2.75) is 39.3 Å². The van der Waals surface area contributed by atoms with Crippen LogP contribution in [0.15, 0.2) is 47.6 Å². The molecule has 1 unspecified atom stereocenters. The van der Waals surface area contributed by atoms with Crippen molar-refractivity contribution < 1.29 is 4.74 Å². The van der Waals surface area contributed by atoms with Gasteiger partial charge in [-0.15, -0.1) is 0 Å². The molecule has 7 nitrogen and oxygen atoms in total. The molecule has 2 aromatic rings. The maximum Gasteiger partial charge on any atom is 0.192 e. The highest BCUT2D eigenvalue weighted by Gasteiger charge is 2.17. The zero-order chi connectivity index (χ0) is 22.2. The number of hydrogen-bond donors (Lipinski definition) is 2. The smallest absolute Gasteiger partial charge is 0.192 e. The molecule has 1 aromatic heterocycles. The summed E-state index contributed by atoms with van der Waals surface area (Å²) in [4.78, 5) is 14.3. The van der Waals surface area contributed by atoms with Crippen molar-refractivity contribution in [3.63, 3.8) is 0 Å². The predicted octanol–water partition coefficient (Wildman–Crippen LogP) is 3.33. The minimum Gasteiger partial charge on any atom is -0.378 e. The predicted molar refractivity (Wildman–Crippen MR) is 132 cm³/mol. The number of pyridine rings is 1. The average molecular weight is 437 g/mol. The molecule has 0 spiro atoms. The lowest BCUT2D eigenvalue weighted by Crippen LogP contribution is -2.39. The molecule has 2 aliphatic heterocycles. The van der Waals surface area contributed by atoms with Crippen LogP contribution < -0.4 is 20.4 Å². The van der Waals surface area contributed by atoms with Crippen molar-refractivity contribution in [2.75, 3.05) is 55.7 Å². The van der Waals surface area contributed by atoms with E-state index in [1.807, 2.05) is 12.3 Å². The molecule has 2 aliphatic rings. The van der Waals surface area contributed by atoms with Crippen LogP contribution in [0.4, 0.5) is 11.5 Å². The van der Waals surface area contributed by atoms with Crippen LogP contribution >= 0.6 is 0 Å². The number of aromatic nitrogens is 1. The number of morpholine rings is 1. The van der Waals surface area contributed by atoms with E-state index in [2.05, 4.69) is 69.6 Å². The first kappa shape index (κ1) is 22.4. The number of aliphatic imine (C=N–C) groups is 1. The Morgan fingerprint density at radius 1 is 1.09 bits per heavy atom. The van der Waals surface area contributed by atoms with Crippen LogP contribution in [-0.4, -0.2) is 56.9 Å². The Balaban J connectivity index is 1.45. The van der Waals surface area contributed by atoms with Crippen LogP contribution in [0.3, 0.4) is 0 Å². The van der Waals surface area contributed by atoms with E-state index in [1.54, 1.807) is 0 Å². The first-order valence-corrected chi connectivity index (χ1v) is 11.9. The van der Waals surface area contributed by atoms with Crippen LogP contribution in [-0.2, 0) is 11.3 Å². The highest BCUT2D eigenvalue weighted by molar-refractivity contribution is 5.80. The third kappa shape index (κ3) is 5.71. The first-order valence-electron chi connectivity index (χ1n) is 11.9. The normalized spacial score (nSPS) is 18.0. The molecule has 0 amide bonds. The quantitative estimate of drug-likeness (QED) is 0.513. The number of nitrogens with zero attached hydrogens (tertiary/aromatic N) is 4. The largest absolute Gasteiger partial charge is 0.378 e. The molecule has 2 fully saturated rings. The van der Waals surface area contributed by atoms with Gasteiger partial charge in [0.05, 0.1) is 25.8 Å². The number of ether oxygens (including phenoxy) is 1. The molecule has 7 heteroatoms. The monoisotopic (exact) mass is 436 g/mol. The van der Waals surface area contributed by atoms with E-state index in [-0.39, 0.29) is 6.04 Å². The lowest BCUT2D eigenvalue weighted by molar-refractivity contribution is 0.122. The van der Waals surface area contributed by atoms with E-state index in [1.165, 1.54) is 24.1 Å². The molecule has 0 bridgehead atoms. The van der Waals surface area contributed by atoms with Gasteiger partial charge in [0.1, 0.15) is 5.82 Å². The summed E-state index contributed by atoms with van der Waals surface area (Å²) in [5.74, 6) is 1.84. The zero-order valence-electron chi connectivity index (χ0n) is 19.4. The molecule has 32 heavy (non-hydrogen) atoms. The molecule has 4 rings (SSSR count). The van der Waals surface area contributed by atoms with E-state index < -0.39 is 0 Å². The summed E-state index contributed by atoms with van der Waals surface area (Å²) in [5, 5.41) is 6.98. The lowest BCUT2D eigenvalue weighted by atomic mass is 10.1. The van der Waals surface area contributed by atoms with E-state index in [0.29, 0.717) is 6.54 Å². The van der Waals surface area contributed by atoms with Gasteiger partial charge in [-0.2, -0.15) is 0 Å². The molecular formula is C25H36N6O. The zero-order valence-corrected chi connectivity index (χ0v) is 19.4. The minimum atomic E-state index is 0.156. The van der Waals surface area contributed by atoms with Gasteiger partial charge in [-0.25, -0.2) is 9.98 Å². The highest BCUT2D eigenvalue weighted by Crippen LogP contribution is 2.24. The Bertz CT molecular complexity index is 890. The Labute approximate surface area is 191 Å². The number of nitrogens with one attached hydrogen (secondary N) is 2. The van der Waals surface area contributed by atoms with Gasteiger partial charge in [0.25, 0.3) is 0 Å². The molecule has 3 heterocycles. The second-order valence-electron chi connectivity index (χ2n) is 8.44. The molecule has 0 saturated carbocycles. The maximum atomic E-state index is 5.50. The molecular weight excluding hydrogens is 400 g/mol. The number of rotatable bonds is 7. The Hall–Kier alpha value is -2.80. The van der Waals surface area contributed by atoms with E-state index in [4.69, 9.17) is 9.73 Å². The van der Waals surface area contributed by atoms with Crippen LogP contribution in [0.1, 0.15) is 43.9 Å². The summed E-state index contributed by atoms with van der Waals surface area (Å²) < 4.78 is 5.50. The van der Waals surface area contributed by atoms with Crippen LogP contribution in [0.5, 0.6) is 0 Å². The van der Waals surface area contributed by atoms with Gasteiger partial charge in [0.2, 0.25) is 0 Å². The van der Waals surface area contributed by atoms with Gasteiger partial charge in [0.15, 0.2) is 5.96 Å². The molecule has 172 valence electrons. The fraction of sp³-hybridized carbons (Fsp3) is 0.520. The number of benzene rings is 1. The second kappa shape index (κ2) is 11.2. The Morgan fingerprint density at radius 3 is 2.69 bits per heavy atom. The van der Waals surface area contributed by atoms with Gasteiger partial charge in [-0.1, -0.05) is 18.2 Å². The van der Waals surface area contributed by atoms with E-state index in [0.717, 1.165) is 63.3 Å². The fourth-order valence-corrected chi connectivity index (χ4v) is 4.35. The van der Waals surface area contributed by atoms with Gasteiger partial charge >= 0.3 is 0 Å². The van der Waals surface area contributed by atoms with E-state index in [9.17, 15) is 0 Å². The molecule has 2 N–H and O–H groups in total. The summed E-state index contributed by atoms with van der Waals surface area (Å²) in [6, 6.07) is 13.1. The van der Waals surface area contributed by atoms with Crippen molar-refractivity contribution in [2.24, 2.45) is 4.99 Å². The minimum absolute atomic E-state index is 0.156. The van der Waals surface area contributed by atoms with Crippen molar-refractivity contribution in [1.82, 2.24) is 15.6 Å². The topological polar surface area (TPSA) is 65.0 Å². The van der Waals surface area contributed by atoms with Crippen molar-refractivity contribution in [3.8, 4) is 0 Å². The molecule has 0 radical (unpaired) electrons. The summed E-state index contributed by atoms with van der Waals surface area (Å²) in [6.07, 6.45) is 4.43. The molecule has 2 saturated heterocycles. The SMILES string of the molecule is CCNC(=NCc1cccnc1N1CCOCC1)NC(C)c1cccc(N2CCCC2)c1. The summed E-state index contributed by atoms with van der Waals surface area (Å²) in [6.45, 7) is 11.2. The van der Waals surface area contributed by atoms with Crippen molar-refractivity contribution >= 4 is 17.5 Å². The van der Waals surface area contributed by atoms with Gasteiger partial charge < -0.3 is 25.2 Å². The Morgan fingerprint density at radius 2 is 1.91 bits per heavy atom. The number of guanidine groups is 1. The van der Waals surface area contributed by atoms with E-state index >= 15 is 0 Å². The van der Waals surface area contributed by atoms with Crippen molar-refractivity contribution in [1.29, 1.82) is 0 Å². The second-order valence-corrected chi connectivity index (χ2v) is 8.44. The fourth-order valence-electron chi connectivity index (χ4n) is 4.35. The van der Waals surface area contributed by atoms with Crippen LogP contribution in [0.2, 0.25) is 0 Å². The van der Waals surface area contributed by atoms with Gasteiger partial charge in [-0.3, -0.25) is 0 Å². The third-order valence-corrected chi connectivity index (χ3v) is 6.12. The average Bonchev–Trinajstić information content (AvgIpc) is 3.39. The highest BCUT2D eigenvalue weighted by atomic mass is 16.5. The van der Waals surface area contributed by atoms with Gasteiger partial charge in [-0.05, 0) is 50.5 Å². The summed E-state index contributed by atoms with van der Waals surface area (Å²) >= 11 is 0. The molecule has 0 aliphatic carbocycles. The maximum absolute atomic E-state index is 5.50. The number of hydrogen-bond acceptors (Lipinski definition) is 5. The number of anilines is 2.